The number of hydrogen-bond acceptors (Lipinski definition) is 3. The minimum absolute atomic E-state index is 0.0287. The topological polar surface area (TPSA) is 57.2 Å². The minimum Gasteiger partial charge on any atom is -0.747 e. The molecule has 3 aromatic rings. The van der Waals surface area contributed by atoms with Crippen LogP contribution in [0.25, 0.3) is 0 Å². The molecular formula is C31H41IO3S. The standard InChI is InChI=1S/C19H32O3S.C12H10I/c1-2-3-4-5-6-7-8-9-10-14-17-19(23(20,21)22)18-15-12-11-13-16-18;1-3-7-11(8-4-1)13-12-9-5-2-6-10-12/h11-13,15-16,19H,2-10,14,17H2,1H3,(H,20,21,22);1-10H/q;+1/p-1. The summed E-state index contributed by atoms with van der Waals surface area (Å²) in [5.41, 5.74) is 0.624. The second-order valence-corrected chi connectivity index (χ2v) is 13.6. The third-order valence-corrected chi connectivity index (χ3v) is 9.91. The summed E-state index contributed by atoms with van der Waals surface area (Å²) in [4.78, 5) is 0. The van der Waals surface area contributed by atoms with Crippen molar-refractivity contribution < 1.29 is 34.2 Å². The first-order valence-corrected chi connectivity index (χ1v) is 16.9. The van der Waals surface area contributed by atoms with E-state index < -0.39 is 15.4 Å². The van der Waals surface area contributed by atoms with Crippen LogP contribution in [0.15, 0.2) is 91.0 Å². The van der Waals surface area contributed by atoms with E-state index in [1.54, 1.807) is 24.3 Å². The average Bonchev–Trinajstić information content (AvgIpc) is 2.89. The van der Waals surface area contributed by atoms with Crippen LogP contribution in [0.5, 0.6) is 0 Å². The maximum absolute atomic E-state index is 11.5. The molecule has 36 heavy (non-hydrogen) atoms. The molecule has 0 heterocycles. The van der Waals surface area contributed by atoms with E-state index in [1.807, 2.05) is 6.07 Å². The highest BCUT2D eigenvalue weighted by Gasteiger charge is 2.17. The Kier molecular flexibility index (Phi) is 15.7. The Morgan fingerprint density at radius 3 is 1.42 bits per heavy atom. The van der Waals surface area contributed by atoms with E-state index >= 15 is 0 Å². The zero-order chi connectivity index (χ0) is 25.9. The number of rotatable bonds is 15. The van der Waals surface area contributed by atoms with E-state index in [0.29, 0.717) is 12.0 Å². The lowest BCUT2D eigenvalue weighted by molar-refractivity contribution is -0.597. The summed E-state index contributed by atoms with van der Waals surface area (Å²) in [5, 5.41) is -0.891. The number of hydrogen-bond donors (Lipinski definition) is 0. The summed E-state index contributed by atoms with van der Waals surface area (Å²) in [6.07, 6.45) is 12.5. The smallest absolute Gasteiger partial charge is 0.357 e. The fourth-order valence-electron chi connectivity index (χ4n) is 4.04. The molecule has 0 amide bonds. The first-order valence-electron chi connectivity index (χ1n) is 13.2. The van der Waals surface area contributed by atoms with Gasteiger partial charge in [-0.3, -0.25) is 0 Å². The summed E-state index contributed by atoms with van der Waals surface area (Å²) in [6.45, 7) is 2.23. The molecule has 0 aliphatic carbocycles. The second-order valence-electron chi connectivity index (χ2n) is 9.05. The van der Waals surface area contributed by atoms with Gasteiger partial charge in [-0.25, -0.2) is 8.42 Å². The first kappa shape index (κ1) is 30.5. The molecule has 3 rings (SSSR count). The molecule has 0 aromatic heterocycles. The van der Waals surface area contributed by atoms with Gasteiger partial charge >= 0.3 is 21.2 Å². The molecule has 0 aliphatic rings. The predicted molar refractivity (Wildman–Crippen MR) is 146 cm³/mol. The maximum atomic E-state index is 11.5. The Balaban J connectivity index is 0.000000293. The second kappa shape index (κ2) is 18.5. The molecule has 0 saturated heterocycles. The van der Waals surface area contributed by atoms with Gasteiger partial charge in [0.15, 0.2) is 7.14 Å². The molecule has 1 atom stereocenters. The van der Waals surface area contributed by atoms with Crippen molar-refractivity contribution in [3.8, 4) is 0 Å². The van der Waals surface area contributed by atoms with Crippen molar-refractivity contribution in [2.75, 3.05) is 0 Å². The molecule has 0 N–H and O–H groups in total. The normalized spacial score (nSPS) is 11.9. The Labute approximate surface area is 229 Å². The van der Waals surface area contributed by atoms with Crippen molar-refractivity contribution in [3.05, 3.63) is 104 Å². The van der Waals surface area contributed by atoms with Crippen LogP contribution < -0.4 is 21.2 Å². The summed E-state index contributed by atoms with van der Waals surface area (Å²) in [6, 6.07) is 30.3. The fraction of sp³-hybridized carbons (Fsp3) is 0.419. The average molecular weight is 621 g/mol. The van der Waals surface area contributed by atoms with Crippen molar-refractivity contribution in [3.63, 3.8) is 0 Å². The lowest BCUT2D eigenvalue weighted by Crippen LogP contribution is -3.61. The molecule has 0 aliphatic heterocycles. The molecule has 0 fully saturated rings. The number of halogens is 1. The molecule has 3 aromatic carbocycles. The zero-order valence-corrected chi connectivity index (χ0v) is 24.5. The van der Waals surface area contributed by atoms with Gasteiger partial charge in [-0.05, 0) is 36.2 Å². The molecule has 3 nitrogen and oxygen atoms in total. The maximum Gasteiger partial charge on any atom is 0.357 e. The summed E-state index contributed by atoms with van der Waals surface area (Å²) >= 11 is 0.0287. The van der Waals surface area contributed by atoms with E-state index in [1.165, 1.54) is 52.1 Å². The van der Waals surface area contributed by atoms with Crippen LogP contribution in [-0.4, -0.2) is 13.0 Å². The third kappa shape index (κ3) is 13.6. The third-order valence-electron chi connectivity index (χ3n) is 6.02. The molecule has 0 radical (unpaired) electrons. The van der Waals surface area contributed by atoms with E-state index in [2.05, 4.69) is 67.6 Å². The van der Waals surface area contributed by atoms with E-state index in [-0.39, 0.29) is 21.2 Å². The van der Waals surface area contributed by atoms with Gasteiger partial charge in [0.25, 0.3) is 0 Å². The van der Waals surface area contributed by atoms with Gasteiger partial charge < -0.3 is 4.55 Å². The molecule has 5 heteroatoms. The van der Waals surface area contributed by atoms with Gasteiger partial charge in [-0.15, -0.1) is 0 Å². The van der Waals surface area contributed by atoms with Gasteiger partial charge in [0.2, 0.25) is 0 Å². The van der Waals surface area contributed by atoms with Crippen molar-refractivity contribution in [2.24, 2.45) is 0 Å². The number of unbranched alkanes of at least 4 members (excludes halogenated alkanes) is 9. The summed E-state index contributed by atoms with van der Waals surface area (Å²) < 4.78 is 37.4. The van der Waals surface area contributed by atoms with Crippen LogP contribution >= 0.6 is 0 Å². The Bertz CT molecular complexity index is 988. The molecule has 196 valence electrons. The van der Waals surface area contributed by atoms with Gasteiger partial charge in [-0.2, -0.15) is 0 Å². The summed E-state index contributed by atoms with van der Waals surface area (Å²) in [5.74, 6) is 0. The number of benzene rings is 3. The predicted octanol–water partition coefficient (Wildman–Crippen LogP) is 5.40. The van der Waals surface area contributed by atoms with Gasteiger partial charge in [-0.1, -0.05) is 138 Å². The largest absolute Gasteiger partial charge is 0.747 e. The Morgan fingerprint density at radius 1 is 0.611 bits per heavy atom. The first-order chi connectivity index (χ1) is 17.5. The lowest BCUT2D eigenvalue weighted by atomic mass is 10.0. The zero-order valence-electron chi connectivity index (χ0n) is 21.5. The quantitative estimate of drug-likeness (QED) is 0.130. The lowest BCUT2D eigenvalue weighted by Gasteiger charge is -2.21. The monoisotopic (exact) mass is 620 g/mol. The summed E-state index contributed by atoms with van der Waals surface area (Å²) in [7, 11) is -4.28. The highest BCUT2D eigenvalue weighted by atomic mass is 127. The van der Waals surface area contributed by atoms with Crippen molar-refractivity contribution in [1.29, 1.82) is 0 Å². The molecule has 0 spiro atoms. The Morgan fingerprint density at radius 2 is 1.00 bits per heavy atom. The van der Waals surface area contributed by atoms with Crippen LogP contribution in [-0.2, 0) is 10.1 Å². The van der Waals surface area contributed by atoms with Gasteiger partial charge in [0.05, 0.1) is 5.25 Å². The SMILES string of the molecule is CCCCCCCCCCCCC(c1ccccc1)S(=O)(=O)[O-].c1ccc([I+]c2ccccc2)cc1. The van der Waals surface area contributed by atoms with E-state index in [9.17, 15) is 13.0 Å². The van der Waals surface area contributed by atoms with Gasteiger partial charge in [0, 0.05) is 0 Å². The van der Waals surface area contributed by atoms with E-state index in [4.69, 9.17) is 0 Å². The molecule has 0 bridgehead atoms. The highest BCUT2D eigenvalue weighted by molar-refractivity contribution is 7.86. The molecule has 1 unspecified atom stereocenters. The minimum atomic E-state index is -4.28. The van der Waals surface area contributed by atoms with Crippen LogP contribution in [0.4, 0.5) is 0 Å². The Hall–Kier alpha value is -1.70. The van der Waals surface area contributed by atoms with Crippen molar-refractivity contribution in [1.82, 2.24) is 0 Å². The van der Waals surface area contributed by atoms with Gasteiger partial charge in [0.1, 0.15) is 10.1 Å². The van der Waals surface area contributed by atoms with Crippen LogP contribution in [0.2, 0.25) is 0 Å². The van der Waals surface area contributed by atoms with Crippen molar-refractivity contribution >= 4 is 10.1 Å². The van der Waals surface area contributed by atoms with E-state index in [0.717, 1.165) is 19.3 Å². The highest BCUT2D eigenvalue weighted by Crippen LogP contribution is 2.27. The van der Waals surface area contributed by atoms with Crippen LogP contribution in [0.3, 0.4) is 0 Å². The van der Waals surface area contributed by atoms with Crippen LogP contribution in [0.1, 0.15) is 88.4 Å². The fourth-order valence-corrected chi connectivity index (χ4v) is 7.26. The van der Waals surface area contributed by atoms with Crippen molar-refractivity contribution in [2.45, 2.75) is 82.8 Å². The molecule has 0 saturated carbocycles. The van der Waals surface area contributed by atoms with Crippen LogP contribution in [0, 0.1) is 7.14 Å². The molecular weight excluding hydrogens is 579 g/mol.